The van der Waals surface area contributed by atoms with Gasteiger partial charge in [0.25, 0.3) is 0 Å². The van der Waals surface area contributed by atoms with Crippen molar-refractivity contribution in [3.05, 3.63) is 23.9 Å². The van der Waals surface area contributed by atoms with E-state index in [0.717, 1.165) is 44.2 Å². The quantitative estimate of drug-likeness (QED) is 0.861. The normalized spacial score (nSPS) is 23.3. The fraction of sp³-hybridized carbons (Fsp3) is 0.625. The third-order valence-electron chi connectivity index (χ3n) is 4.70. The van der Waals surface area contributed by atoms with Crippen molar-refractivity contribution in [1.29, 1.82) is 0 Å². The van der Waals surface area contributed by atoms with Crippen LogP contribution in [0.2, 0.25) is 0 Å². The minimum atomic E-state index is -0.308. The number of pyridine rings is 1. The predicted octanol–water partition coefficient (Wildman–Crippen LogP) is 1.84. The lowest BCUT2D eigenvalue weighted by molar-refractivity contribution is 0.0601. The summed E-state index contributed by atoms with van der Waals surface area (Å²) in [5.41, 5.74) is 0.567. The van der Waals surface area contributed by atoms with Crippen LogP contribution in [0.15, 0.2) is 18.3 Å². The summed E-state index contributed by atoms with van der Waals surface area (Å²) in [6, 6.07) is 4.26. The minimum Gasteiger partial charge on any atom is -0.465 e. The predicted molar refractivity (Wildman–Crippen MR) is 81.5 cm³/mol. The third kappa shape index (κ3) is 3.02. The molecule has 0 aromatic carbocycles. The monoisotopic (exact) mass is 289 g/mol. The summed E-state index contributed by atoms with van der Waals surface area (Å²) >= 11 is 0. The Bertz CT molecular complexity index is 492. The molecule has 2 saturated heterocycles. The molecular weight excluding hydrogens is 266 g/mol. The highest BCUT2D eigenvalue weighted by Gasteiger charge is 2.30. The third-order valence-corrected chi connectivity index (χ3v) is 4.70. The lowest BCUT2D eigenvalue weighted by Gasteiger charge is -2.36. The van der Waals surface area contributed by atoms with E-state index in [1.54, 1.807) is 18.3 Å². The minimum absolute atomic E-state index is 0.308. The topological polar surface area (TPSA) is 54.5 Å². The van der Waals surface area contributed by atoms with Crippen LogP contribution in [0.5, 0.6) is 0 Å². The van der Waals surface area contributed by atoms with Crippen molar-refractivity contribution < 1.29 is 9.53 Å². The Balaban J connectivity index is 1.68. The van der Waals surface area contributed by atoms with Gasteiger partial charge in [-0.25, -0.2) is 9.78 Å². The van der Waals surface area contributed by atoms with E-state index in [1.807, 2.05) is 0 Å². The van der Waals surface area contributed by atoms with E-state index < -0.39 is 0 Å². The van der Waals surface area contributed by atoms with Crippen molar-refractivity contribution in [3.8, 4) is 0 Å². The lowest BCUT2D eigenvalue weighted by Crippen LogP contribution is -2.41. The second-order valence-corrected chi connectivity index (χ2v) is 5.89. The number of esters is 1. The smallest absolute Gasteiger partial charge is 0.341 e. The molecule has 114 valence electrons. The zero-order chi connectivity index (χ0) is 14.7. The van der Waals surface area contributed by atoms with Crippen LogP contribution in [0, 0.1) is 5.92 Å². The Morgan fingerprint density at radius 3 is 2.86 bits per heavy atom. The highest BCUT2D eigenvalue weighted by atomic mass is 16.5. The average molecular weight is 289 g/mol. The van der Waals surface area contributed by atoms with E-state index in [0.29, 0.717) is 11.6 Å². The largest absolute Gasteiger partial charge is 0.465 e. The molecule has 3 heterocycles. The molecule has 21 heavy (non-hydrogen) atoms. The first-order valence-electron chi connectivity index (χ1n) is 7.81. The zero-order valence-electron chi connectivity index (χ0n) is 12.5. The first kappa shape index (κ1) is 14.3. The number of carbonyl (C=O) groups is 1. The van der Waals surface area contributed by atoms with Gasteiger partial charge in [0.05, 0.1) is 7.11 Å². The Labute approximate surface area is 125 Å². The number of hydrogen-bond donors (Lipinski definition) is 1. The summed E-state index contributed by atoms with van der Waals surface area (Å²) in [7, 11) is 1.41. The Morgan fingerprint density at radius 2 is 2.19 bits per heavy atom. The maximum atomic E-state index is 11.9. The van der Waals surface area contributed by atoms with E-state index in [9.17, 15) is 4.79 Å². The summed E-state index contributed by atoms with van der Waals surface area (Å²) in [6.07, 6.45) is 6.68. The van der Waals surface area contributed by atoms with Gasteiger partial charge in [0.2, 0.25) is 0 Å². The summed E-state index contributed by atoms with van der Waals surface area (Å²) in [5.74, 6) is 1.22. The van der Waals surface area contributed by atoms with Gasteiger partial charge in [-0.15, -0.1) is 0 Å². The van der Waals surface area contributed by atoms with Gasteiger partial charge in [0.15, 0.2) is 0 Å². The molecule has 5 heteroatoms. The fourth-order valence-electron chi connectivity index (χ4n) is 3.55. The Hall–Kier alpha value is -1.62. The molecule has 0 bridgehead atoms. The average Bonchev–Trinajstić information content (AvgIpc) is 3.09. The number of carbonyl (C=O) groups excluding carboxylic acids is 1. The maximum absolute atomic E-state index is 11.9. The Morgan fingerprint density at radius 1 is 1.38 bits per heavy atom. The van der Waals surface area contributed by atoms with Gasteiger partial charge in [-0.2, -0.15) is 0 Å². The number of piperidine rings is 1. The lowest BCUT2D eigenvalue weighted by atomic mass is 9.88. The van der Waals surface area contributed by atoms with Crippen molar-refractivity contribution in [2.45, 2.75) is 31.7 Å². The first-order valence-corrected chi connectivity index (χ1v) is 7.81. The molecule has 1 aromatic heterocycles. The van der Waals surface area contributed by atoms with Crippen LogP contribution in [-0.4, -0.2) is 43.7 Å². The molecule has 2 fully saturated rings. The van der Waals surface area contributed by atoms with Crippen LogP contribution in [0.1, 0.15) is 36.0 Å². The number of nitrogens with zero attached hydrogens (tertiary/aromatic N) is 2. The van der Waals surface area contributed by atoms with Gasteiger partial charge in [0, 0.05) is 25.3 Å². The highest BCUT2D eigenvalue weighted by Crippen LogP contribution is 2.29. The number of rotatable bonds is 3. The van der Waals surface area contributed by atoms with Gasteiger partial charge < -0.3 is 15.0 Å². The summed E-state index contributed by atoms with van der Waals surface area (Å²) in [6.45, 7) is 3.09. The van der Waals surface area contributed by atoms with Gasteiger partial charge in [0.1, 0.15) is 11.4 Å². The van der Waals surface area contributed by atoms with Crippen LogP contribution in [0.4, 0.5) is 5.82 Å². The van der Waals surface area contributed by atoms with Crippen LogP contribution in [-0.2, 0) is 4.74 Å². The van der Waals surface area contributed by atoms with Crippen LogP contribution < -0.4 is 10.2 Å². The second kappa shape index (κ2) is 6.43. The number of aromatic nitrogens is 1. The number of nitrogens with one attached hydrogen (secondary N) is 1. The number of ether oxygens (including phenoxy) is 1. The number of anilines is 1. The second-order valence-electron chi connectivity index (χ2n) is 5.89. The molecule has 1 N–H and O–H groups in total. The maximum Gasteiger partial charge on any atom is 0.341 e. The number of methoxy groups -OCH3 is 1. The summed E-state index contributed by atoms with van der Waals surface area (Å²) < 4.78 is 4.85. The van der Waals surface area contributed by atoms with Crippen LogP contribution >= 0.6 is 0 Å². The molecule has 0 saturated carbocycles. The van der Waals surface area contributed by atoms with Gasteiger partial charge in [-0.1, -0.05) is 0 Å². The molecule has 1 aromatic rings. The van der Waals surface area contributed by atoms with Crippen molar-refractivity contribution in [3.63, 3.8) is 0 Å². The van der Waals surface area contributed by atoms with E-state index in [-0.39, 0.29) is 5.97 Å². The van der Waals surface area contributed by atoms with Crippen LogP contribution in [0.25, 0.3) is 0 Å². The summed E-state index contributed by atoms with van der Waals surface area (Å²) in [4.78, 5) is 18.5. The standard InChI is InChI=1S/C16H23N3O2/c1-21-16(20)13-4-2-9-18-15(13)19-10-6-12(7-11-19)14-5-3-8-17-14/h2,4,9,12,14,17H,3,5-8,10-11H2,1H3. The van der Waals surface area contributed by atoms with E-state index in [1.165, 1.54) is 20.0 Å². The molecule has 0 amide bonds. The van der Waals surface area contributed by atoms with Crippen molar-refractivity contribution >= 4 is 11.8 Å². The van der Waals surface area contributed by atoms with Gasteiger partial charge >= 0.3 is 5.97 Å². The van der Waals surface area contributed by atoms with E-state index in [2.05, 4.69) is 15.2 Å². The van der Waals surface area contributed by atoms with Gasteiger partial charge in [-0.05, 0) is 50.3 Å². The van der Waals surface area contributed by atoms with Gasteiger partial charge in [-0.3, -0.25) is 0 Å². The molecule has 2 aliphatic rings. The molecule has 5 nitrogen and oxygen atoms in total. The molecule has 3 rings (SSSR count). The highest BCUT2D eigenvalue weighted by molar-refractivity contribution is 5.94. The first-order chi connectivity index (χ1) is 10.3. The molecule has 2 aliphatic heterocycles. The van der Waals surface area contributed by atoms with Crippen molar-refractivity contribution in [2.24, 2.45) is 5.92 Å². The molecule has 1 unspecified atom stereocenters. The van der Waals surface area contributed by atoms with E-state index >= 15 is 0 Å². The van der Waals surface area contributed by atoms with Crippen molar-refractivity contribution in [2.75, 3.05) is 31.6 Å². The number of hydrogen-bond acceptors (Lipinski definition) is 5. The molecule has 0 aliphatic carbocycles. The Kier molecular flexibility index (Phi) is 4.39. The molecule has 0 spiro atoms. The molecule has 1 atom stereocenters. The zero-order valence-corrected chi connectivity index (χ0v) is 12.5. The SMILES string of the molecule is COC(=O)c1cccnc1N1CCC(C2CCCN2)CC1. The van der Waals surface area contributed by atoms with Crippen molar-refractivity contribution in [1.82, 2.24) is 10.3 Å². The fourth-order valence-corrected chi connectivity index (χ4v) is 3.55. The van der Waals surface area contributed by atoms with E-state index in [4.69, 9.17) is 4.74 Å². The van der Waals surface area contributed by atoms with Crippen LogP contribution in [0.3, 0.4) is 0 Å². The molecule has 0 radical (unpaired) electrons. The molecular formula is C16H23N3O2. The summed E-state index contributed by atoms with van der Waals surface area (Å²) in [5, 5.41) is 3.61.